The van der Waals surface area contributed by atoms with Crippen molar-refractivity contribution in [2.45, 2.75) is 39.2 Å². The van der Waals surface area contributed by atoms with Gasteiger partial charge in [0.25, 0.3) is 0 Å². The highest BCUT2D eigenvalue weighted by Gasteiger charge is 2.20. The number of nitrogens with zero attached hydrogens (tertiary/aromatic N) is 1. The Balaban J connectivity index is 1.93. The van der Waals surface area contributed by atoms with Crippen LogP contribution in [0.4, 0.5) is 5.69 Å². The van der Waals surface area contributed by atoms with Crippen LogP contribution >= 0.6 is 11.6 Å². The topological polar surface area (TPSA) is 32.3 Å². The van der Waals surface area contributed by atoms with Crippen molar-refractivity contribution in [2.24, 2.45) is 0 Å². The van der Waals surface area contributed by atoms with Gasteiger partial charge in [-0.05, 0) is 57.0 Å². The third kappa shape index (κ3) is 3.95. The number of anilines is 1. The molecule has 0 spiro atoms. The maximum absolute atomic E-state index is 12.1. The van der Waals surface area contributed by atoms with Gasteiger partial charge in [-0.25, -0.2) is 0 Å². The van der Waals surface area contributed by atoms with E-state index < -0.39 is 0 Å². The summed E-state index contributed by atoms with van der Waals surface area (Å²) in [6.45, 7) is 5.64. The molecule has 4 heteroatoms. The molecule has 1 saturated heterocycles. The first-order valence-electron chi connectivity index (χ1n) is 6.86. The quantitative estimate of drug-likeness (QED) is 0.920. The molecule has 1 amide bonds. The van der Waals surface area contributed by atoms with Crippen molar-refractivity contribution in [1.29, 1.82) is 0 Å². The van der Waals surface area contributed by atoms with E-state index in [1.54, 1.807) is 6.07 Å². The van der Waals surface area contributed by atoms with E-state index in [1.165, 1.54) is 19.3 Å². The molecule has 1 fully saturated rings. The molecule has 19 heavy (non-hydrogen) atoms. The first-order valence-corrected chi connectivity index (χ1v) is 7.24. The Morgan fingerprint density at radius 2 is 2.26 bits per heavy atom. The fraction of sp³-hybridized carbons (Fsp3) is 0.533. The van der Waals surface area contributed by atoms with Gasteiger partial charge in [0.2, 0.25) is 5.91 Å². The molecule has 1 aromatic carbocycles. The SMILES string of the molecule is Cc1cc(Cl)ccc1NC(=O)CN1CCCC[C@@H]1C. The minimum Gasteiger partial charge on any atom is -0.325 e. The van der Waals surface area contributed by atoms with Crippen LogP contribution in [0.25, 0.3) is 0 Å². The Morgan fingerprint density at radius 1 is 1.47 bits per heavy atom. The normalized spacial score (nSPS) is 20.3. The summed E-state index contributed by atoms with van der Waals surface area (Å²) in [6.07, 6.45) is 3.65. The summed E-state index contributed by atoms with van der Waals surface area (Å²) in [6, 6.07) is 6.02. The van der Waals surface area contributed by atoms with E-state index in [0.717, 1.165) is 17.8 Å². The molecule has 1 N–H and O–H groups in total. The number of nitrogens with one attached hydrogen (secondary N) is 1. The Labute approximate surface area is 119 Å². The zero-order valence-electron chi connectivity index (χ0n) is 11.6. The Morgan fingerprint density at radius 3 is 2.95 bits per heavy atom. The van der Waals surface area contributed by atoms with Crippen LogP contribution in [-0.4, -0.2) is 29.9 Å². The predicted molar refractivity (Wildman–Crippen MR) is 79.7 cm³/mol. The second-order valence-corrected chi connectivity index (χ2v) is 5.76. The first kappa shape index (κ1) is 14.4. The second-order valence-electron chi connectivity index (χ2n) is 5.32. The lowest BCUT2D eigenvalue weighted by molar-refractivity contribution is -0.118. The van der Waals surface area contributed by atoms with Crippen molar-refractivity contribution in [1.82, 2.24) is 4.90 Å². The summed E-state index contributed by atoms with van der Waals surface area (Å²) in [5.74, 6) is 0.0548. The number of likely N-dealkylation sites (tertiary alicyclic amines) is 1. The fourth-order valence-electron chi connectivity index (χ4n) is 2.53. The number of benzene rings is 1. The van der Waals surface area contributed by atoms with Gasteiger partial charge in [-0.15, -0.1) is 0 Å². The van der Waals surface area contributed by atoms with Gasteiger partial charge in [-0.3, -0.25) is 9.69 Å². The third-order valence-electron chi connectivity index (χ3n) is 3.75. The van der Waals surface area contributed by atoms with Crippen molar-refractivity contribution < 1.29 is 4.79 Å². The summed E-state index contributed by atoms with van der Waals surface area (Å²) >= 11 is 5.91. The lowest BCUT2D eigenvalue weighted by atomic mass is 10.0. The van der Waals surface area contributed by atoms with E-state index >= 15 is 0 Å². The van der Waals surface area contributed by atoms with Crippen molar-refractivity contribution in [2.75, 3.05) is 18.4 Å². The molecule has 1 aromatic rings. The van der Waals surface area contributed by atoms with E-state index in [1.807, 2.05) is 19.1 Å². The molecule has 104 valence electrons. The Bertz CT molecular complexity index is 461. The standard InChI is InChI=1S/C15H21ClN2O/c1-11-9-13(16)6-7-14(11)17-15(19)10-18-8-4-3-5-12(18)2/h6-7,9,12H,3-5,8,10H2,1-2H3,(H,17,19)/t12-/m0/s1. The van der Waals surface area contributed by atoms with E-state index in [4.69, 9.17) is 11.6 Å². The van der Waals surface area contributed by atoms with Gasteiger partial charge in [0.05, 0.1) is 6.54 Å². The van der Waals surface area contributed by atoms with Gasteiger partial charge in [-0.2, -0.15) is 0 Å². The number of carbonyl (C=O) groups excluding carboxylic acids is 1. The highest BCUT2D eigenvalue weighted by atomic mass is 35.5. The summed E-state index contributed by atoms with van der Waals surface area (Å²) in [7, 11) is 0. The maximum atomic E-state index is 12.1. The van der Waals surface area contributed by atoms with Crippen molar-refractivity contribution in [3.05, 3.63) is 28.8 Å². The molecular weight excluding hydrogens is 260 g/mol. The summed E-state index contributed by atoms with van der Waals surface area (Å²) < 4.78 is 0. The van der Waals surface area contributed by atoms with Crippen LogP contribution in [0.5, 0.6) is 0 Å². The molecule has 3 nitrogen and oxygen atoms in total. The van der Waals surface area contributed by atoms with Crippen molar-refractivity contribution >= 4 is 23.2 Å². The van der Waals surface area contributed by atoms with E-state index in [0.29, 0.717) is 17.6 Å². The zero-order valence-corrected chi connectivity index (χ0v) is 12.3. The molecule has 0 aromatic heterocycles. The summed E-state index contributed by atoms with van der Waals surface area (Å²) in [4.78, 5) is 14.3. The molecule has 0 unspecified atom stereocenters. The predicted octanol–water partition coefficient (Wildman–Crippen LogP) is 3.46. The van der Waals surface area contributed by atoms with Gasteiger partial charge in [0, 0.05) is 16.8 Å². The van der Waals surface area contributed by atoms with Gasteiger partial charge in [0.15, 0.2) is 0 Å². The molecule has 1 aliphatic heterocycles. The minimum atomic E-state index is 0.0548. The van der Waals surface area contributed by atoms with E-state index in [-0.39, 0.29) is 5.91 Å². The molecule has 1 atom stereocenters. The molecule has 1 heterocycles. The average molecular weight is 281 g/mol. The summed E-state index contributed by atoms with van der Waals surface area (Å²) in [5.41, 5.74) is 1.84. The maximum Gasteiger partial charge on any atom is 0.238 e. The zero-order chi connectivity index (χ0) is 13.8. The molecule has 1 aliphatic rings. The fourth-order valence-corrected chi connectivity index (χ4v) is 2.76. The second kappa shape index (κ2) is 6.40. The Kier molecular flexibility index (Phi) is 4.83. The highest BCUT2D eigenvalue weighted by Crippen LogP contribution is 2.20. The third-order valence-corrected chi connectivity index (χ3v) is 3.98. The number of rotatable bonds is 3. The number of piperidine rings is 1. The van der Waals surface area contributed by atoms with Crippen LogP contribution in [0.3, 0.4) is 0 Å². The largest absolute Gasteiger partial charge is 0.325 e. The first-order chi connectivity index (χ1) is 9.06. The van der Waals surface area contributed by atoms with Crippen LogP contribution in [-0.2, 0) is 4.79 Å². The molecule has 0 aliphatic carbocycles. The van der Waals surface area contributed by atoms with E-state index in [9.17, 15) is 4.79 Å². The number of hydrogen-bond acceptors (Lipinski definition) is 2. The lowest BCUT2D eigenvalue weighted by Crippen LogP contribution is -2.42. The van der Waals surface area contributed by atoms with E-state index in [2.05, 4.69) is 17.1 Å². The minimum absolute atomic E-state index is 0.0548. The molecule has 0 saturated carbocycles. The lowest BCUT2D eigenvalue weighted by Gasteiger charge is -2.32. The smallest absolute Gasteiger partial charge is 0.238 e. The van der Waals surface area contributed by atoms with Crippen LogP contribution in [0, 0.1) is 6.92 Å². The highest BCUT2D eigenvalue weighted by molar-refractivity contribution is 6.30. The molecular formula is C15H21ClN2O. The van der Waals surface area contributed by atoms with Gasteiger partial charge in [0.1, 0.15) is 0 Å². The number of amides is 1. The number of halogens is 1. The summed E-state index contributed by atoms with van der Waals surface area (Å²) in [5, 5.41) is 3.66. The number of aryl methyl sites for hydroxylation is 1. The van der Waals surface area contributed by atoms with Crippen LogP contribution < -0.4 is 5.32 Å². The van der Waals surface area contributed by atoms with Gasteiger partial charge >= 0.3 is 0 Å². The number of carbonyl (C=O) groups is 1. The molecule has 0 radical (unpaired) electrons. The van der Waals surface area contributed by atoms with Crippen molar-refractivity contribution in [3.8, 4) is 0 Å². The molecule has 0 bridgehead atoms. The van der Waals surface area contributed by atoms with Crippen LogP contribution in [0.2, 0.25) is 5.02 Å². The van der Waals surface area contributed by atoms with Crippen molar-refractivity contribution in [3.63, 3.8) is 0 Å². The van der Waals surface area contributed by atoms with Crippen LogP contribution in [0.1, 0.15) is 31.7 Å². The average Bonchev–Trinajstić information content (AvgIpc) is 2.36. The Hall–Kier alpha value is -1.06. The monoisotopic (exact) mass is 280 g/mol. The van der Waals surface area contributed by atoms with Gasteiger partial charge in [-0.1, -0.05) is 18.0 Å². The van der Waals surface area contributed by atoms with Gasteiger partial charge < -0.3 is 5.32 Å². The van der Waals surface area contributed by atoms with Crippen LogP contribution in [0.15, 0.2) is 18.2 Å². The molecule has 2 rings (SSSR count). The number of hydrogen-bond donors (Lipinski definition) is 1.